The first kappa shape index (κ1) is 49.2. The molecule has 1 saturated carbocycles. The van der Waals surface area contributed by atoms with Crippen LogP contribution in [0.2, 0.25) is 0 Å². The fourth-order valence-corrected chi connectivity index (χ4v) is 13.8. The molecule has 3 heterocycles. The number of rotatable bonds is 4. The van der Waals surface area contributed by atoms with Gasteiger partial charge < -0.3 is 14.7 Å². The smallest absolute Gasteiger partial charge is 0.252 e. The van der Waals surface area contributed by atoms with Crippen molar-refractivity contribution in [2.75, 3.05) is 14.7 Å². The molecule has 7 aromatic rings. The highest BCUT2D eigenvalue weighted by Gasteiger charge is 2.62. The van der Waals surface area contributed by atoms with E-state index in [0.29, 0.717) is 0 Å². The van der Waals surface area contributed by atoms with Crippen molar-refractivity contribution < 1.29 is 0 Å². The summed E-state index contributed by atoms with van der Waals surface area (Å²) in [5, 5.41) is 0. The molecule has 3 aliphatic heterocycles. The average Bonchev–Trinajstić information content (AvgIpc) is 3.33. The molecule has 0 radical (unpaired) electrons. The standard InChI is InChI=1S/C69H80BN3/c1-63(2,3)46-28-33-50(34-29-46)71-58-37-32-48(65(7,8)9)41-55(58)70-54-35-30-49(66(10,11)12)42-59(54)72(56-36-31-47(64(4,5)6)40-52(56)45-24-18-17-19-25-45)61-44-51(43-60(71)62(61)70)73-57-27-21-20-26-53(57)67(13,14)68(15)38-22-23-39-69(68,73)16/h17-21,24-37,40-44H,22-23,38-39H2,1-16H3. The zero-order chi connectivity index (χ0) is 52.0. The van der Waals surface area contributed by atoms with Crippen LogP contribution in [-0.4, -0.2) is 12.3 Å². The van der Waals surface area contributed by atoms with Crippen LogP contribution in [0.1, 0.15) is 164 Å². The van der Waals surface area contributed by atoms with Gasteiger partial charge in [-0.25, -0.2) is 0 Å². The summed E-state index contributed by atoms with van der Waals surface area (Å²) in [6.45, 7) is 38.5. The molecule has 0 bridgehead atoms. The Balaban J connectivity index is 1.32. The third kappa shape index (κ3) is 7.57. The Morgan fingerprint density at radius 2 is 0.945 bits per heavy atom. The summed E-state index contributed by atoms with van der Waals surface area (Å²) in [5.74, 6) is 0. The van der Waals surface area contributed by atoms with Crippen LogP contribution in [0.15, 0.2) is 146 Å². The summed E-state index contributed by atoms with van der Waals surface area (Å²) in [7, 11) is 0. The number of nitrogens with zero attached hydrogens (tertiary/aromatic N) is 3. The molecule has 1 aliphatic carbocycles. The fourth-order valence-electron chi connectivity index (χ4n) is 13.8. The van der Waals surface area contributed by atoms with Crippen molar-refractivity contribution in [1.29, 1.82) is 0 Å². The lowest BCUT2D eigenvalue weighted by molar-refractivity contribution is 0.0106. The van der Waals surface area contributed by atoms with Gasteiger partial charge in [-0.3, -0.25) is 0 Å². The predicted molar refractivity (Wildman–Crippen MR) is 317 cm³/mol. The number of fused-ring (bicyclic) bond motifs is 6. The monoisotopic (exact) mass is 962 g/mol. The molecule has 0 spiro atoms. The Morgan fingerprint density at radius 1 is 0.411 bits per heavy atom. The van der Waals surface area contributed by atoms with Crippen LogP contribution >= 0.6 is 0 Å². The number of anilines is 8. The third-order valence-corrected chi connectivity index (χ3v) is 18.7. The SMILES string of the molecule is CC(C)(C)c1ccc(N2c3ccc(C(C)(C)C)cc3B3c4ccc(C(C)(C)C)cc4N(c4ccc(C(C)(C)C)cc4-c4ccccc4)c4cc(N5c6ccccc6C(C)(C)C6(C)CCCCC56C)cc2c43)cc1. The zero-order valence-corrected chi connectivity index (χ0v) is 47.1. The zero-order valence-electron chi connectivity index (χ0n) is 47.1. The lowest BCUT2D eigenvalue weighted by Crippen LogP contribution is -2.67. The van der Waals surface area contributed by atoms with Crippen molar-refractivity contribution in [3.63, 3.8) is 0 Å². The highest BCUT2D eigenvalue weighted by molar-refractivity contribution is 7.00. The van der Waals surface area contributed by atoms with Crippen LogP contribution in [-0.2, 0) is 27.1 Å². The van der Waals surface area contributed by atoms with Gasteiger partial charge in [-0.15, -0.1) is 0 Å². The van der Waals surface area contributed by atoms with Crippen molar-refractivity contribution in [2.45, 2.75) is 169 Å². The van der Waals surface area contributed by atoms with Gasteiger partial charge in [0, 0.05) is 56.3 Å². The van der Waals surface area contributed by atoms with Gasteiger partial charge in [0.05, 0.1) is 5.69 Å². The molecule has 0 N–H and O–H groups in total. The van der Waals surface area contributed by atoms with Crippen LogP contribution in [0.25, 0.3) is 11.1 Å². The quantitative estimate of drug-likeness (QED) is 0.163. The van der Waals surface area contributed by atoms with E-state index in [4.69, 9.17) is 0 Å². The summed E-state index contributed by atoms with van der Waals surface area (Å²) in [6.07, 6.45) is 4.78. The van der Waals surface area contributed by atoms with Crippen LogP contribution in [0.5, 0.6) is 0 Å². The van der Waals surface area contributed by atoms with Gasteiger partial charge in [0.2, 0.25) is 0 Å². The summed E-state index contributed by atoms with van der Waals surface area (Å²) in [4.78, 5) is 8.19. The first-order valence-corrected chi connectivity index (χ1v) is 27.5. The lowest BCUT2D eigenvalue weighted by atomic mass is 9.33. The second-order valence-corrected chi connectivity index (χ2v) is 27.5. The molecule has 4 aliphatic rings. The van der Waals surface area contributed by atoms with Crippen LogP contribution in [0.4, 0.5) is 45.5 Å². The molecule has 11 rings (SSSR count). The molecule has 3 nitrogen and oxygen atoms in total. The molecular formula is C69H80BN3. The molecule has 0 amide bonds. The van der Waals surface area contributed by atoms with E-state index in [2.05, 4.69) is 271 Å². The number of benzene rings is 7. The van der Waals surface area contributed by atoms with Gasteiger partial charge in [-0.1, -0.05) is 208 Å². The van der Waals surface area contributed by atoms with Crippen molar-refractivity contribution in [2.24, 2.45) is 5.41 Å². The topological polar surface area (TPSA) is 9.72 Å². The molecule has 1 fully saturated rings. The lowest BCUT2D eigenvalue weighted by Gasteiger charge is -2.66. The molecule has 2 unspecified atom stereocenters. The maximum absolute atomic E-state index is 2.84. The molecule has 374 valence electrons. The maximum atomic E-state index is 2.84. The Kier molecular flexibility index (Phi) is 11.1. The predicted octanol–water partition coefficient (Wildman–Crippen LogP) is 17.4. The van der Waals surface area contributed by atoms with E-state index in [9.17, 15) is 0 Å². The van der Waals surface area contributed by atoms with Gasteiger partial charge in [0.15, 0.2) is 0 Å². The second-order valence-electron chi connectivity index (χ2n) is 27.5. The largest absolute Gasteiger partial charge is 0.335 e. The minimum atomic E-state index is -0.169. The van der Waals surface area contributed by atoms with E-state index in [1.165, 1.54) is 120 Å². The molecule has 0 aromatic heterocycles. The highest BCUT2D eigenvalue weighted by atomic mass is 15.3. The first-order chi connectivity index (χ1) is 34.2. The van der Waals surface area contributed by atoms with Crippen molar-refractivity contribution in [1.82, 2.24) is 0 Å². The van der Waals surface area contributed by atoms with Gasteiger partial charge in [0.1, 0.15) is 0 Å². The van der Waals surface area contributed by atoms with Gasteiger partial charge >= 0.3 is 0 Å². The number of hydrogen-bond acceptors (Lipinski definition) is 3. The summed E-state index contributed by atoms with van der Waals surface area (Å²) < 4.78 is 0. The summed E-state index contributed by atoms with van der Waals surface area (Å²) in [5.41, 5.74) is 23.0. The second kappa shape index (κ2) is 16.5. The normalized spacial score (nSPS) is 20.2. The average molecular weight is 962 g/mol. The van der Waals surface area contributed by atoms with Gasteiger partial charge in [0.25, 0.3) is 6.71 Å². The Bertz CT molecular complexity index is 3300. The van der Waals surface area contributed by atoms with Crippen LogP contribution in [0, 0.1) is 5.41 Å². The van der Waals surface area contributed by atoms with Gasteiger partial charge in [-0.2, -0.15) is 0 Å². The Labute approximate surface area is 440 Å². The molecule has 4 heteroatoms. The van der Waals surface area contributed by atoms with E-state index in [1.807, 2.05) is 0 Å². The molecule has 7 aromatic carbocycles. The molecular weight excluding hydrogens is 882 g/mol. The molecule has 73 heavy (non-hydrogen) atoms. The minimum Gasteiger partial charge on any atom is -0.335 e. The molecule has 2 atom stereocenters. The van der Waals surface area contributed by atoms with Crippen molar-refractivity contribution >= 4 is 68.6 Å². The minimum absolute atomic E-state index is 0.00212. The Morgan fingerprint density at radius 3 is 1.59 bits per heavy atom. The van der Waals surface area contributed by atoms with Gasteiger partial charge in [-0.05, 0) is 151 Å². The Hall–Kier alpha value is -6.00. The first-order valence-electron chi connectivity index (χ1n) is 27.5. The maximum Gasteiger partial charge on any atom is 0.252 e. The van der Waals surface area contributed by atoms with E-state index in [1.54, 1.807) is 0 Å². The third-order valence-electron chi connectivity index (χ3n) is 18.7. The fraction of sp³-hybridized carbons (Fsp3) is 0.391. The summed E-state index contributed by atoms with van der Waals surface area (Å²) in [6, 6.07) is 57.6. The van der Waals surface area contributed by atoms with Crippen LogP contribution in [0.3, 0.4) is 0 Å². The van der Waals surface area contributed by atoms with Crippen LogP contribution < -0.4 is 31.1 Å². The van der Waals surface area contributed by atoms with Crippen molar-refractivity contribution in [3.05, 3.63) is 173 Å². The molecule has 0 saturated heterocycles. The van der Waals surface area contributed by atoms with E-state index in [-0.39, 0.29) is 44.7 Å². The number of para-hydroxylation sites is 1. The van der Waals surface area contributed by atoms with E-state index >= 15 is 0 Å². The highest BCUT2D eigenvalue weighted by Crippen LogP contribution is 2.66. The summed E-state index contributed by atoms with van der Waals surface area (Å²) >= 11 is 0. The van der Waals surface area contributed by atoms with Crippen molar-refractivity contribution in [3.8, 4) is 11.1 Å². The number of hydrogen-bond donors (Lipinski definition) is 0. The van der Waals surface area contributed by atoms with E-state index in [0.717, 1.165) is 6.42 Å². The van der Waals surface area contributed by atoms with E-state index < -0.39 is 0 Å².